The minimum Gasteiger partial charge on any atom is -0.444 e. The number of hydrogen-bond donors (Lipinski definition) is 1. The molecular formula is C26H29N5O5S. The number of hydrogen-bond acceptors (Lipinski definition) is 7. The molecule has 5 rings (SSSR count). The van der Waals surface area contributed by atoms with E-state index in [1.165, 1.54) is 0 Å². The highest BCUT2D eigenvalue weighted by atomic mass is 32.2. The maximum absolute atomic E-state index is 13.0. The van der Waals surface area contributed by atoms with Gasteiger partial charge in [-0.25, -0.2) is 13.2 Å². The van der Waals surface area contributed by atoms with Crippen molar-refractivity contribution in [3.63, 3.8) is 0 Å². The molecule has 0 fully saturated rings. The predicted molar refractivity (Wildman–Crippen MR) is 138 cm³/mol. The van der Waals surface area contributed by atoms with E-state index < -0.39 is 15.6 Å². The van der Waals surface area contributed by atoms with Crippen LogP contribution in [-0.4, -0.2) is 39.9 Å². The molecule has 10 nitrogen and oxygen atoms in total. The number of aromatic nitrogens is 3. The summed E-state index contributed by atoms with van der Waals surface area (Å²) in [5.74, 6) is 0.148. The van der Waals surface area contributed by atoms with Crippen molar-refractivity contribution in [3.05, 3.63) is 70.5 Å². The molecule has 194 valence electrons. The van der Waals surface area contributed by atoms with Gasteiger partial charge >= 0.3 is 6.09 Å². The van der Waals surface area contributed by atoms with E-state index in [0.29, 0.717) is 36.2 Å². The smallest absolute Gasteiger partial charge is 0.410 e. The fourth-order valence-corrected chi connectivity index (χ4v) is 5.77. The van der Waals surface area contributed by atoms with Crippen molar-refractivity contribution in [2.24, 2.45) is 0 Å². The Bertz CT molecular complexity index is 1610. The van der Waals surface area contributed by atoms with Gasteiger partial charge in [0.15, 0.2) is 11.4 Å². The van der Waals surface area contributed by atoms with Gasteiger partial charge in [-0.1, -0.05) is 29.4 Å². The molecule has 3 heterocycles. The minimum absolute atomic E-state index is 0.148. The molecule has 0 aliphatic carbocycles. The summed E-state index contributed by atoms with van der Waals surface area (Å²) in [6, 6.07) is 10.5. The fourth-order valence-electron chi connectivity index (χ4n) is 4.52. The van der Waals surface area contributed by atoms with Crippen molar-refractivity contribution in [1.29, 1.82) is 0 Å². The number of rotatable bonds is 5. The van der Waals surface area contributed by atoms with Gasteiger partial charge in [0.2, 0.25) is 0 Å². The molecule has 0 bridgehead atoms. The number of anilines is 1. The molecule has 0 spiro atoms. The number of benzene rings is 2. The van der Waals surface area contributed by atoms with Gasteiger partial charge in [0.05, 0.1) is 41.8 Å². The number of amides is 1. The topological polar surface area (TPSA) is 120 Å². The van der Waals surface area contributed by atoms with Gasteiger partial charge in [0.1, 0.15) is 5.60 Å². The van der Waals surface area contributed by atoms with Crippen molar-refractivity contribution in [3.8, 4) is 0 Å². The van der Waals surface area contributed by atoms with Crippen molar-refractivity contribution < 1.29 is 22.5 Å². The van der Waals surface area contributed by atoms with Crippen LogP contribution in [0.4, 0.5) is 10.6 Å². The summed E-state index contributed by atoms with van der Waals surface area (Å²) in [6.45, 7) is 10.5. The zero-order chi connectivity index (χ0) is 26.5. The van der Waals surface area contributed by atoms with Crippen LogP contribution in [0.2, 0.25) is 0 Å². The third-order valence-electron chi connectivity index (χ3n) is 6.17. The Balaban J connectivity index is 1.37. The molecule has 1 N–H and O–H groups in total. The van der Waals surface area contributed by atoms with Crippen molar-refractivity contribution in [2.45, 2.75) is 64.7 Å². The number of aryl methyl sites for hydroxylation is 2. The second kappa shape index (κ2) is 8.91. The van der Waals surface area contributed by atoms with E-state index in [4.69, 9.17) is 9.26 Å². The number of ether oxygens (including phenoxy) is 1. The van der Waals surface area contributed by atoms with E-state index in [1.807, 2.05) is 44.5 Å². The molecule has 1 aliphatic heterocycles. The molecule has 1 amide bonds. The Morgan fingerprint density at radius 3 is 2.62 bits per heavy atom. The molecular weight excluding hydrogens is 494 g/mol. The van der Waals surface area contributed by atoms with Gasteiger partial charge in [-0.15, -0.1) is 0 Å². The third kappa shape index (κ3) is 4.91. The molecule has 0 radical (unpaired) electrons. The highest BCUT2D eigenvalue weighted by Gasteiger charge is 2.30. The lowest BCUT2D eigenvalue weighted by Crippen LogP contribution is -2.33. The van der Waals surface area contributed by atoms with E-state index in [1.54, 1.807) is 42.3 Å². The maximum Gasteiger partial charge on any atom is 0.410 e. The first-order chi connectivity index (χ1) is 17.4. The summed E-state index contributed by atoms with van der Waals surface area (Å²) >= 11 is 0. The van der Waals surface area contributed by atoms with Gasteiger partial charge in [-0.05, 0) is 63.4 Å². The quantitative estimate of drug-likeness (QED) is 0.401. The number of nitrogens with one attached hydrogen (secondary N) is 1. The Kier molecular flexibility index (Phi) is 5.98. The van der Waals surface area contributed by atoms with Crippen LogP contribution in [0.15, 0.2) is 52.0 Å². The molecule has 2 aromatic heterocycles. The molecule has 11 heteroatoms. The second-order valence-corrected chi connectivity index (χ2v) is 11.9. The SMILES string of the molecule is Cc1ccccc1S(=O)(=O)Nc1noc2cc(Cn3ncc4c3CN(C(=O)OC(C)(C)C)C4)cc(C)c12. The zero-order valence-electron chi connectivity index (χ0n) is 21.4. The molecule has 37 heavy (non-hydrogen) atoms. The largest absolute Gasteiger partial charge is 0.444 e. The summed E-state index contributed by atoms with van der Waals surface area (Å²) in [6.07, 6.45) is 1.42. The molecule has 4 aromatic rings. The van der Waals surface area contributed by atoms with E-state index in [-0.39, 0.29) is 16.8 Å². The molecule has 0 saturated carbocycles. The third-order valence-corrected chi connectivity index (χ3v) is 7.67. The number of carbonyl (C=O) groups excluding carboxylic acids is 1. The lowest BCUT2D eigenvalue weighted by Gasteiger charge is -2.24. The molecule has 1 aliphatic rings. The van der Waals surface area contributed by atoms with Crippen LogP contribution in [0.3, 0.4) is 0 Å². The highest BCUT2D eigenvalue weighted by Crippen LogP contribution is 2.31. The van der Waals surface area contributed by atoms with Gasteiger partial charge in [0.25, 0.3) is 10.0 Å². The minimum atomic E-state index is -3.83. The van der Waals surface area contributed by atoms with E-state index in [2.05, 4.69) is 15.0 Å². The first-order valence-corrected chi connectivity index (χ1v) is 13.4. The van der Waals surface area contributed by atoms with Crippen LogP contribution in [0.5, 0.6) is 0 Å². The first kappa shape index (κ1) is 24.8. The summed E-state index contributed by atoms with van der Waals surface area (Å²) in [4.78, 5) is 14.4. The Morgan fingerprint density at radius 1 is 1.14 bits per heavy atom. The van der Waals surface area contributed by atoms with Crippen molar-refractivity contribution in [1.82, 2.24) is 19.8 Å². The van der Waals surface area contributed by atoms with Crippen LogP contribution in [0.25, 0.3) is 11.0 Å². The summed E-state index contributed by atoms with van der Waals surface area (Å²) in [5, 5.41) is 9.11. The van der Waals surface area contributed by atoms with Crippen molar-refractivity contribution >= 4 is 32.9 Å². The number of sulfonamides is 1. The van der Waals surface area contributed by atoms with E-state index in [9.17, 15) is 13.2 Å². The normalized spacial score (nSPS) is 13.7. The first-order valence-electron chi connectivity index (χ1n) is 11.9. The van der Waals surface area contributed by atoms with Crippen LogP contribution < -0.4 is 4.72 Å². The number of carbonyl (C=O) groups is 1. The molecule has 2 aromatic carbocycles. The van der Waals surface area contributed by atoms with Crippen LogP contribution in [-0.2, 0) is 34.4 Å². The van der Waals surface area contributed by atoms with Crippen LogP contribution >= 0.6 is 0 Å². The zero-order valence-corrected chi connectivity index (χ0v) is 22.2. The predicted octanol–water partition coefficient (Wildman–Crippen LogP) is 4.74. The monoisotopic (exact) mass is 523 g/mol. The maximum atomic E-state index is 13.0. The van der Waals surface area contributed by atoms with E-state index in [0.717, 1.165) is 22.4 Å². The number of fused-ring (bicyclic) bond motifs is 2. The lowest BCUT2D eigenvalue weighted by atomic mass is 10.1. The average molecular weight is 524 g/mol. The molecule has 0 unspecified atom stereocenters. The summed E-state index contributed by atoms with van der Waals surface area (Å²) < 4.78 is 41.4. The average Bonchev–Trinajstić information content (AvgIpc) is 3.49. The molecule has 0 atom stereocenters. The summed E-state index contributed by atoms with van der Waals surface area (Å²) in [5.41, 5.74) is 4.21. The highest BCUT2D eigenvalue weighted by molar-refractivity contribution is 7.92. The summed E-state index contributed by atoms with van der Waals surface area (Å²) in [7, 11) is -3.83. The van der Waals surface area contributed by atoms with Crippen LogP contribution in [0, 0.1) is 13.8 Å². The van der Waals surface area contributed by atoms with Gasteiger partial charge in [0, 0.05) is 5.56 Å². The Labute approximate surface area is 215 Å². The second-order valence-electron chi connectivity index (χ2n) is 10.3. The van der Waals surface area contributed by atoms with Crippen molar-refractivity contribution in [2.75, 3.05) is 4.72 Å². The molecule has 0 saturated heterocycles. The number of nitrogens with zero attached hydrogens (tertiary/aromatic N) is 4. The Hall–Kier alpha value is -3.86. The fraction of sp³-hybridized carbons (Fsp3) is 0.346. The van der Waals surface area contributed by atoms with E-state index >= 15 is 0 Å². The van der Waals surface area contributed by atoms with Gasteiger partial charge < -0.3 is 9.26 Å². The van der Waals surface area contributed by atoms with Gasteiger partial charge in [-0.3, -0.25) is 14.3 Å². The van der Waals surface area contributed by atoms with Gasteiger partial charge in [-0.2, -0.15) is 5.10 Å². The Morgan fingerprint density at radius 2 is 1.89 bits per heavy atom. The standard InChI is InChI=1S/C26H29N5O5S/c1-16-8-6-7-9-22(16)37(33,34)29-24-23-17(2)10-18(11-21(23)36-28-24)13-31-20-15-30(14-19(20)12-27-31)25(32)35-26(3,4)5/h6-12H,13-15H2,1-5H3,(H,28,29). The van der Waals surface area contributed by atoms with Crippen LogP contribution in [0.1, 0.15) is 48.7 Å². The lowest BCUT2D eigenvalue weighted by molar-refractivity contribution is 0.0238.